The van der Waals surface area contributed by atoms with Crippen LogP contribution < -0.4 is 0 Å². The van der Waals surface area contributed by atoms with Crippen molar-refractivity contribution in [3.63, 3.8) is 0 Å². The van der Waals surface area contributed by atoms with Crippen LogP contribution in [0.1, 0.15) is 37.0 Å². The van der Waals surface area contributed by atoms with Crippen molar-refractivity contribution < 1.29 is 4.79 Å². The second-order valence-corrected chi connectivity index (χ2v) is 6.15. The number of pyridine rings is 1. The number of amides is 1. The number of carbonyl (C=O) groups is 1. The van der Waals surface area contributed by atoms with E-state index in [0.29, 0.717) is 10.8 Å². The predicted octanol–water partition coefficient (Wildman–Crippen LogP) is 2.82. The molecule has 2 heterocycles. The summed E-state index contributed by atoms with van der Waals surface area (Å²) in [4.78, 5) is 18.3. The Bertz CT molecular complexity index is 383. The fourth-order valence-corrected chi connectivity index (χ4v) is 2.66. The molecule has 1 aliphatic rings. The van der Waals surface area contributed by atoms with Crippen molar-refractivity contribution in [2.24, 2.45) is 0 Å². The van der Waals surface area contributed by atoms with Gasteiger partial charge in [0.25, 0.3) is 5.91 Å². The summed E-state index contributed by atoms with van der Waals surface area (Å²) in [5, 5.41) is 1.50. The first-order valence-electron chi connectivity index (χ1n) is 6.09. The minimum Gasteiger partial charge on any atom is -0.339 e. The third-order valence-corrected chi connectivity index (χ3v) is 3.69. The largest absolute Gasteiger partial charge is 0.339 e. The molecule has 0 N–H and O–H groups in total. The van der Waals surface area contributed by atoms with Gasteiger partial charge in [-0.15, -0.1) is 11.8 Å². The first-order valence-corrected chi connectivity index (χ1v) is 6.97. The van der Waals surface area contributed by atoms with Gasteiger partial charge in [-0.3, -0.25) is 4.79 Å². The van der Waals surface area contributed by atoms with E-state index in [1.807, 2.05) is 17.0 Å². The molecular weight excluding hydrogens is 232 g/mol. The van der Waals surface area contributed by atoms with Gasteiger partial charge in [-0.2, -0.15) is 0 Å². The molecule has 0 aromatic carbocycles. The molecule has 0 atom stereocenters. The number of thioether (sulfide) groups is 1. The van der Waals surface area contributed by atoms with Gasteiger partial charge in [0.05, 0.1) is 10.6 Å². The highest BCUT2D eigenvalue weighted by Gasteiger charge is 2.19. The van der Waals surface area contributed by atoms with E-state index in [4.69, 9.17) is 0 Å². The van der Waals surface area contributed by atoms with Crippen LogP contribution in [0.4, 0.5) is 0 Å². The maximum absolute atomic E-state index is 12.1. The number of aromatic nitrogens is 1. The van der Waals surface area contributed by atoms with Crippen LogP contribution >= 0.6 is 11.8 Å². The molecule has 0 saturated carbocycles. The highest BCUT2D eigenvalue weighted by Crippen LogP contribution is 2.21. The van der Waals surface area contributed by atoms with Gasteiger partial charge >= 0.3 is 0 Å². The van der Waals surface area contributed by atoms with Crippen molar-refractivity contribution in [2.45, 2.75) is 37.0 Å². The summed E-state index contributed by atoms with van der Waals surface area (Å²) in [6.45, 7) is 6.05. The highest BCUT2D eigenvalue weighted by molar-refractivity contribution is 7.99. The molecule has 0 aliphatic carbocycles. The van der Waals surface area contributed by atoms with Crippen molar-refractivity contribution in [1.82, 2.24) is 9.88 Å². The van der Waals surface area contributed by atoms with Gasteiger partial charge < -0.3 is 4.90 Å². The summed E-state index contributed by atoms with van der Waals surface area (Å²) < 4.78 is 0. The van der Waals surface area contributed by atoms with Crippen LogP contribution in [0.2, 0.25) is 0 Å². The highest BCUT2D eigenvalue weighted by atomic mass is 32.2. The van der Waals surface area contributed by atoms with E-state index in [1.165, 1.54) is 0 Å². The lowest BCUT2D eigenvalue weighted by atomic mass is 10.2. The third-order valence-electron chi connectivity index (χ3n) is 2.73. The Labute approximate surface area is 107 Å². The van der Waals surface area contributed by atoms with Gasteiger partial charge in [-0.05, 0) is 25.0 Å². The van der Waals surface area contributed by atoms with Crippen LogP contribution in [-0.4, -0.2) is 34.1 Å². The quantitative estimate of drug-likeness (QED) is 0.773. The van der Waals surface area contributed by atoms with Crippen LogP contribution in [0, 0.1) is 0 Å². The number of hydrogen-bond acceptors (Lipinski definition) is 3. The molecule has 4 heteroatoms. The molecule has 92 valence electrons. The average molecular weight is 250 g/mol. The van der Waals surface area contributed by atoms with Crippen molar-refractivity contribution in [2.75, 3.05) is 13.1 Å². The summed E-state index contributed by atoms with van der Waals surface area (Å²) in [6.07, 6.45) is 3.95. The van der Waals surface area contributed by atoms with E-state index in [2.05, 4.69) is 18.8 Å². The second kappa shape index (κ2) is 5.54. The summed E-state index contributed by atoms with van der Waals surface area (Å²) in [7, 11) is 0. The Morgan fingerprint density at radius 1 is 1.35 bits per heavy atom. The lowest BCUT2D eigenvalue weighted by Gasteiger charge is -2.15. The van der Waals surface area contributed by atoms with Crippen molar-refractivity contribution in [1.29, 1.82) is 0 Å². The molecule has 0 unspecified atom stereocenters. The smallest absolute Gasteiger partial charge is 0.255 e. The molecule has 0 radical (unpaired) electrons. The number of carbonyl (C=O) groups excluding carboxylic acids is 1. The molecule has 1 amide bonds. The van der Waals surface area contributed by atoms with E-state index in [0.717, 1.165) is 31.0 Å². The van der Waals surface area contributed by atoms with Gasteiger partial charge in [0.1, 0.15) is 0 Å². The maximum Gasteiger partial charge on any atom is 0.255 e. The van der Waals surface area contributed by atoms with Crippen LogP contribution in [-0.2, 0) is 0 Å². The Kier molecular flexibility index (Phi) is 4.05. The summed E-state index contributed by atoms with van der Waals surface area (Å²) in [5.41, 5.74) is 0.708. The monoisotopic (exact) mass is 250 g/mol. The maximum atomic E-state index is 12.1. The van der Waals surface area contributed by atoms with E-state index < -0.39 is 0 Å². The second-order valence-electron chi connectivity index (χ2n) is 4.55. The number of nitrogens with zero attached hydrogens (tertiary/aromatic N) is 2. The van der Waals surface area contributed by atoms with Crippen molar-refractivity contribution >= 4 is 17.7 Å². The van der Waals surface area contributed by atoms with Gasteiger partial charge in [-0.1, -0.05) is 13.8 Å². The van der Waals surface area contributed by atoms with Crippen LogP contribution in [0.3, 0.4) is 0 Å². The Morgan fingerprint density at radius 3 is 2.59 bits per heavy atom. The number of likely N-dealkylation sites (tertiary alicyclic amines) is 1. The SMILES string of the molecule is CC(C)Sc1ccc(C(=O)N2CCCC2)cn1. The summed E-state index contributed by atoms with van der Waals surface area (Å²) >= 11 is 1.72. The molecule has 1 aliphatic heterocycles. The Morgan fingerprint density at radius 2 is 2.06 bits per heavy atom. The van der Waals surface area contributed by atoms with Gasteiger partial charge in [-0.25, -0.2) is 4.98 Å². The van der Waals surface area contributed by atoms with Crippen LogP contribution in [0.5, 0.6) is 0 Å². The van der Waals surface area contributed by atoms with Crippen molar-refractivity contribution in [3.05, 3.63) is 23.9 Å². The number of hydrogen-bond donors (Lipinski definition) is 0. The van der Waals surface area contributed by atoms with E-state index in [1.54, 1.807) is 18.0 Å². The first kappa shape index (κ1) is 12.4. The minimum absolute atomic E-state index is 0.121. The molecule has 3 nitrogen and oxygen atoms in total. The van der Waals surface area contributed by atoms with E-state index in [9.17, 15) is 4.79 Å². The molecule has 0 bridgehead atoms. The lowest BCUT2D eigenvalue weighted by Crippen LogP contribution is -2.27. The van der Waals surface area contributed by atoms with E-state index in [-0.39, 0.29) is 5.91 Å². The summed E-state index contributed by atoms with van der Waals surface area (Å²) in [5.74, 6) is 0.121. The molecular formula is C13H18N2OS. The molecule has 1 aromatic rings. The average Bonchev–Trinajstić information content (AvgIpc) is 2.82. The van der Waals surface area contributed by atoms with E-state index >= 15 is 0 Å². The molecule has 1 saturated heterocycles. The molecule has 0 spiro atoms. The topological polar surface area (TPSA) is 33.2 Å². The minimum atomic E-state index is 0.121. The standard InChI is InChI=1S/C13H18N2OS/c1-10(2)17-12-6-5-11(9-14-12)13(16)15-7-3-4-8-15/h5-6,9-10H,3-4,7-8H2,1-2H3. The lowest BCUT2D eigenvalue weighted by molar-refractivity contribution is 0.0792. The zero-order chi connectivity index (χ0) is 12.3. The zero-order valence-electron chi connectivity index (χ0n) is 10.3. The van der Waals surface area contributed by atoms with Gasteiger partial charge in [0, 0.05) is 24.5 Å². The fourth-order valence-electron chi connectivity index (χ4n) is 1.92. The Balaban J connectivity index is 2.04. The zero-order valence-corrected chi connectivity index (χ0v) is 11.2. The normalized spacial score (nSPS) is 15.6. The molecule has 2 rings (SSSR count). The Hall–Kier alpha value is -1.03. The van der Waals surface area contributed by atoms with Crippen LogP contribution in [0.15, 0.2) is 23.4 Å². The number of rotatable bonds is 3. The predicted molar refractivity (Wildman–Crippen MR) is 70.4 cm³/mol. The third kappa shape index (κ3) is 3.22. The van der Waals surface area contributed by atoms with Gasteiger partial charge in [0.15, 0.2) is 0 Å². The summed E-state index contributed by atoms with van der Waals surface area (Å²) in [6, 6.07) is 3.83. The first-order chi connectivity index (χ1) is 8.16. The molecule has 1 fully saturated rings. The molecule has 17 heavy (non-hydrogen) atoms. The van der Waals surface area contributed by atoms with Crippen LogP contribution in [0.25, 0.3) is 0 Å². The van der Waals surface area contributed by atoms with Crippen molar-refractivity contribution in [3.8, 4) is 0 Å². The van der Waals surface area contributed by atoms with Gasteiger partial charge in [0.2, 0.25) is 0 Å². The fraction of sp³-hybridized carbons (Fsp3) is 0.538. The molecule has 1 aromatic heterocycles.